The van der Waals surface area contributed by atoms with Crippen molar-refractivity contribution in [3.05, 3.63) is 0 Å². The maximum atomic E-state index is 12.6. The first-order valence-electron chi connectivity index (χ1n) is 10.3. The normalized spacial score (nSPS) is 13.5. The van der Waals surface area contributed by atoms with Gasteiger partial charge in [0.1, 0.15) is 18.1 Å². The van der Waals surface area contributed by atoms with Crippen LogP contribution in [0.1, 0.15) is 25.7 Å². The minimum absolute atomic E-state index is 0.590. The van der Waals surface area contributed by atoms with Crippen molar-refractivity contribution in [3.8, 4) is 0 Å². The number of carbonyl (C=O) groups is 9. The molecule has 0 aliphatic rings. The topological polar surface area (TPSA) is 352 Å². The van der Waals surface area contributed by atoms with Gasteiger partial charge in [-0.25, -0.2) is 4.79 Å². The van der Waals surface area contributed by atoms with E-state index in [-0.39, 0.29) is 0 Å². The molecule has 19 nitrogen and oxygen atoms in total. The summed E-state index contributed by atoms with van der Waals surface area (Å²) in [4.78, 5) is 105. The van der Waals surface area contributed by atoms with Crippen LogP contribution in [0.25, 0.3) is 0 Å². The van der Waals surface area contributed by atoms with E-state index >= 15 is 0 Å². The molecule has 0 saturated heterocycles. The molecule has 0 aromatic heterocycles. The zero-order valence-corrected chi connectivity index (χ0v) is 19.4. The Bertz CT molecular complexity index is 954. The fraction of sp³-hybridized carbons (Fsp3) is 0.500. The maximum Gasteiger partial charge on any atom is 0.326 e. The van der Waals surface area contributed by atoms with E-state index in [0.717, 1.165) is 0 Å². The highest BCUT2D eigenvalue weighted by Crippen LogP contribution is 2.00. The average Bonchev–Trinajstić information content (AvgIpc) is 2.74. The number of rotatable bonds is 17. The lowest BCUT2D eigenvalue weighted by Gasteiger charge is -2.23. The third-order valence-electron chi connectivity index (χ3n) is 4.30. The van der Waals surface area contributed by atoms with Crippen LogP contribution in [0.2, 0.25) is 0 Å². The number of hydrogen-bond donors (Lipinski definition) is 10. The van der Waals surface area contributed by atoms with Crippen LogP contribution in [-0.4, -0.2) is 89.0 Å². The van der Waals surface area contributed by atoms with Crippen LogP contribution in [0.3, 0.4) is 0 Å². The smallest absolute Gasteiger partial charge is 0.326 e. The summed E-state index contributed by atoms with van der Waals surface area (Å²) in [6, 6.07) is -6.57. The van der Waals surface area contributed by atoms with Crippen molar-refractivity contribution in [2.24, 2.45) is 28.7 Å². The number of primary amides is 4. The number of nitrogens with one attached hydrogen (secondary N) is 4. The van der Waals surface area contributed by atoms with Gasteiger partial charge in [0.2, 0.25) is 47.3 Å². The maximum absolute atomic E-state index is 12.6. The van der Waals surface area contributed by atoms with Crippen LogP contribution in [0, 0.1) is 0 Å². The molecule has 4 atom stereocenters. The molecule has 0 bridgehead atoms. The molecule has 19 heteroatoms. The van der Waals surface area contributed by atoms with Gasteiger partial charge in [-0.3, -0.25) is 38.4 Å². The molecular formula is C18H29N9O10. The fourth-order valence-corrected chi connectivity index (χ4v) is 2.62. The third-order valence-corrected chi connectivity index (χ3v) is 4.30. The predicted molar refractivity (Wildman–Crippen MR) is 120 cm³/mol. The first-order chi connectivity index (χ1) is 17.0. The summed E-state index contributed by atoms with van der Waals surface area (Å²) in [5.41, 5.74) is 25.4. The van der Waals surface area contributed by atoms with Gasteiger partial charge in [-0.05, 0) is 0 Å². The van der Waals surface area contributed by atoms with E-state index in [0.29, 0.717) is 0 Å². The third kappa shape index (κ3) is 13.6. The van der Waals surface area contributed by atoms with Crippen LogP contribution in [0.15, 0.2) is 0 Å². The summed E-state index contributed by atoms with van der Waals surface area (Å²) in [6.45, 7) is -0.851. The number of carboxylic acids is 1. The predicted octanol–water partition coefficient (Wildman–Crippen LogP) is -7.53. The molecule has 37 heavy (non-hydrogen) atoms. The van der Waals surface area contributed by atoms with E-state index < -0.39 is 110 Å². The Labute approximate surface area is 208 Å². The standard InChI is InChI=1S/C18H29N9O10/c19-6(1-10(20)28)15(33)26-8(3-12(22)30)17(35)27-7(2-11(21)29)16(34)24-5-14(32)25-9(18(36)37)4-13(23)31/h6-9H,1-5,19H2,(H2,20,28)(H2,21,29)(H2,22,30)(H2,23,31)(H,24,34)(H,25,32)(H,26,33)(H,27,35)(H,36,37)/t6-,7-,8-,9-/m0/s1. The van der Waals surface area contributed by atoms with Gasteiger partial charge in [0.05, 0.1) is 38.3 Å². The SMILES string of the molecule is NC(=O)C[C@H](NC(=O)CNC(=O)[C@H](CC(N)=O)NC(=O)[C@H](CC(N)=O)NC(=O)[C@@H](N)CC(N)=O)C(=O)O. The van der Waals surface area contributed by atoms with Crippen molar-refractivity contribution in [1.82, 2.24) is 21.3 Å². The highest BCUT2D eigenvalue weighted by Gasteiger charge is 2.31. The fourth-order valence-electron chi connectivity index (χ4n) is 2.62. The quantitative estimate of drug-likeness (QED) is 0.0839. The van der Waals surface area contributed by atoms with Crippen LogP contribution in [-0.2, 0) is 43.2 Å². The Kier molecular flexibility index (Phi) is 13.3. The minimum atomic E-state index is -1.72. The largest absolute Gasteiger partial charge is 0.480 e. The van der Waals surface area contributed by atoms with Gasteiger partial charge < -0.3 is 55.0 Å². The Morgan fingerprint density at radius 3 is 1.41 bits per heavy atom. The zero-order valence-electron chi connectivity index (χ0n) is 19.4. The van der Waals surface area contributed by atoms with Gasteiger partial charge in [-0.2, -0.15) is 0 Å². The number of carbonyl (C=O) groups excluding carboxylic acids is 8. The molecule has 0 aliphatic carbocycles. The van der Waals surface area contributed by atoms with Crippen molar-refractivity contribution in [3.63, 3.8) is 0 Å². The second-order valence-electron chi connectivity index (χ2n) is 7.59. The summed E-state index contributed by atoms with van der Waals surface area (Å²) in [5, 5.41) is 17.0. The van der Waals surface area contributed by atoms with Crippen molar-refractivity contribution in [1.29, 1.82) is 0 Å². The van der Waals surface area contributed by atoms with E-state index in [2.05, 4.69) is 10.6 Å². The molecule has 0 aromatic carbocycles. The van der Waals surface area contributed by atoms with Gasteiger partial charge in [-0.1, -0.05) is 0 Å². The zero-order chi connectivity index (χ0) is 28.9. The molecule has 15 N–H and O–H groups in total. The lowest BCUT2D eigenvalue weighted by Crippen LogP contribution is -2.58. The van der Waals surface area contributed by atoms with E-state index in [9.17, 15) is 43.2 Å². The summed E-state index contributed by atoms with van der Waals surface area (Å²) in [7, 11) is 0. The van der Waals surface area contributed by atoms with Gasteiger partial charge >= 0.3 is 5.97 Å². The molecule has 0 rings (SSSR count). The molecule has 0 saturated carbocycles. The lowest BCUT2D eigenvalue weighted by atomic mass is 10.1. The van der Waals surface area contributed by atoms with E-state index in [4.69, 9.17) is 33.8 Å². The highest BCUT2D eigenvalue weighted by molar-refractivity contribution is 5.98. The number of amides is 8. The van der Waals surface area contributed by atoms with Crippen LogP contribution < -0.4 is 49.9 Å². The average molecular weight is 531 g/mol. The Morgan fingerprint density at radius 1 is 0.568 bits per heavy atom. The monoisotopic (exact) mass is 531 g/mol. The highest BCUT2D eigenvalue weighted by atomic mass is 16.4. The molecule has 0 unspecified atom stereocenters. The molecule has 206 valence electrons. The van der Waals surface area contributed by atoms with Gasteiger partial charge in [-0.15, -0.1) is 0 Å². The van der Waals surface area contributed by atoms with E-state index in [1.165, 1.54) is 0 Å². The Hall–Kier alpha value is -4.81. The van der Waals surface area contributed by atoms with E-state index in [1.54, 1.807) is 0 Å². The van der Waals surface area contributed by atoms with Crippen molar-refractivity contribution >= 4 is 53.2 Å². The summed E-state index contributed by atoms with van der Waals surface area (Å²) < 4.78 is 0. The molecule has 0 aromatic rings. The molecular weight excluding hydrogens is 502 g/mol. The lowest BCUT2D eigenvalue weighted by molar-refractivity contribution is -0.143. The second-order valence-corrected chi connectivity index (χ2v) is 7.59. The number of hydrogen-bond acceptors (Lipinski definition) is 10. The molecule has 0 heterocycles. The van der Waals surface area contributed by atoms with Gasteiger partial charge in [0, 0.05) is 0 Å². The van der Waals surface area contributed by atoms with Crippen LogP contribution >= 0.6 is 0 Å². The minimum Gasteiger partial charge on any atom is -0.480 e. The number of aliphatic carboxylic acids is 1. The number of nitrogens with two attached hydrogens (primary N) is 5. The van der Waals surface area contributed by atoms with Gasteiger partial charge in [0.15, 0.2) is 0 Å². The van der Waals surface area contributed by atoms with Crippen molar-refractivity contribution < 1.29 is 48.3 Å². The van der Waals surface area contributed by atoms with Crippen LogP contribution in [0.4, 0.5) is 0 Å². The summed E-state index contributed by atoms with van der Waals surface area (Å²) >= 11 is 0. The second kappa shape index (κ2) is 15.2. The molecule has 0 spiro atoms. The van der Waals surface area contributed by atoms with Crippen LogP contribution in [0.5, 0.6) is 0 Å². The van der Waals surface area contributed by atoms with Crippen molar-refractivity contribution in [2.75, 3.05) is 6.54 Å². The van der Waals surface area contributed by atoms with Gasteiger partial charge in [0.25, 0.3) is 0 Å². The molecule has 0 aliphatic heterocycles. The molecule has 0 radical (unpaired) electrons. The van der Waals surface area contributed by atoms with E-state index in [1.807, 2.05) is 10.6 Å². The Morgan fingerprint density at radius 2 is 0.973 bits per heavy atom. The van der Waals surface area contributed by atoms with Crippen molar-refractivity contribution in [2.45, 2.75) is 49.9 Å². The summed E-state index contributed by atoms with van der Waals surface area (Å²) in [5.74, 6) is -10.1. The molecule has 0 fully saturated rings. The molecule has 8 amide bonds. The first-order valence-corrected chi connectivity index (χ1v) is 10.3. The summed E-state index contributed by atoms with van der Waals surface area (Å²) in [6.07, 6.45) is -2.89. The number of carboxylic acid groups (broad SMARTS) is 1. The Balaban J connectivity index is 5.38. The first kappa shape index (κ1) is 32.2.